The topological polar surface area (TPSA) is 64.0 Å². The molecule has 0 aliphatic heterocycles. The van der Waals surface area contributed by atoms with Crippen LogP contribution < -0.4 is 10.9 Å². The van der Waals surface area contributed by atoms with Gasteiger partial charge in [-0.1, -0.05) is 32.5 Å². The van der Waals surface area contributed by atoms with Gasteiger partial charge in [0.15, 0.2) is 5.16 Å². The number of hydrogen-bond donors (Lipinski definition) is 1. The van der Waals surface area contributed by atoms with E-state index in [4.69, 9.17) is 4.98 Å². The van der Waals surface area contributed by atoms with Gasteiger partial charge in [0, 0.05) is 17.5 Å². The lowest BCUT2D eigenvalue weighted by Crippen LogP contribution is -2.33. The minimum Gasteiger partial charge on any atom is -0.352 e. The average Bonchev–Trinajstić information content (AvgIpc) is 3.36. The third kappa shape index (κ3) is 4.01. The maximum absolute atomic E-state index is 13.5. The number of nitrogens with one attached hydrogen (secondary N) is 1. The monoisotopic (exact) mass is 419 g/mol. The van der Waals surface area contributed by atoms with E-state index in [1.807, 2.05) is 11.5 Å². The van der Waals surface area contributed by atoms with Gasteiger partial charge >= 0.3 is 0 Å². The molecule has 0 unspecified atom stereocenters. The number of carbonyl (C=O) groups excluding carboxylic acids is 1. The number of rotatable bonds is 6. The molecule has 2 aliphatic carbocycles. The van der Waals surface area contributed by atoms with Crippen LogP contribution in [0.15, 0.2) is 9.95 Å². The lowest BCUT2D eigenvalue weighted by atomic mass is 9.89. The third-order valence-corrected chi connectivity index (χ3v) is 7.74. The van der Waals surface area contributed by atoms with Gasteiger partial charge in [-0.3, -0.25) is 14.2 Å². The Morgan fingerprint density at radius 3 is 2.75 bits per heavy atom. The second kappa shape index (κ2) is 7.82. The summed E-state index contributed by atoms with van der Waals surface area (Å²) in [5.41, 5.74) is 1.30. The minimum atomic E-state index is -0.266. The number of carbonyl (C=O) groups is 1. The summed E-state index contributed by atoms with van der Waals surface area (Å²) < 4.78 is 1.81. The Morgan fingerprint density at radius 2 is 2.07 bits per heavy atom. The fraction of sp³-hybridized carbons (Fsp3) is 0.667. The molecule has 2 aromatic rings. The second-order valence-electron chi connectivity index (χ2n) is 8.78. The summed E-state index contributed by atoms with van der Waals surface area (Å²) >= 11 is 3.09. The van der Waals surface area contributed by atoms with E-state index in [9.17, 15) is 9.59 Å². The van der Waals surface area contributed by atoms with Crippen molar-refractivity contribution in [3.05, 3.63) is 20.8 Å². The first-order valence-electron chi connectivity index (χ1n) is 10.4. The number of nitrogens with zero attached hydrogens (tertiary/aromatic N) is 2. The highest BCUT2D eigenvalue weighted by Crippen LogP contribution is 2.37. The Kier molecular flexibility index (Phi) is 5.58. The first kappa shape index (κ1) is 20.0. The Hall–Kier alpha value is -1.34. The summed E-state index contributed by atoms with van der Waals surface area (Å²) in [5.74, 6) is 1.04. The van der Waals surface area contributed by atoms with Crippen molar-refractivity contribution in [1.82, 2.24) is 14.9 Å². The lowest BCUT2D eigenvalue weighted by molar-refractivity contribution is -0.120. The van der Waals surface area contributed by atoms with Crippen molar-refractivity contribution >= 4 is 39.2 Å². The average molecular weight is 420 g/mol. The van der Waals surface area contributed by atoms with E-state index >= 15 is 0 Å². The van der Waals surface area contributed by atoms with E-state index in [1.165, 1.54) is 22.2 Å². The van der Waals surface area contributed by atoms with Crippen molar-refractivity contribution in [2.75, 3.05) is 0 Å². The van der Waals surface area contributed by atoms with Gasteiger partial charge in [-0.25, -0.2) is 4.98 Å². The highest BCUT2D eigenvalue weighted by Gasteiger charge is 2.28. The van der Waals surface area contributed by atoms with Gasteiger partial charge in [-0.2, -0.15) is 0 Å². The predicted molar refractivity (Wildman–Crippen MR) is 116 cm³/mol. The summed E-state index contributed by atoms with van der Waals surface area (Å²) in [5, 5.41) is 4.30. The van der Waals surface area contributed by atoms with Crippen LogP contribution in [-0.4, -0.2) is 26.8 Å². The van der Waals surface area contributed by atoms with E-state index in [0.29, 0.717) is 29.6 Å². The first-order chi connectivity index (χ1) is 13.3. The van der Waals surface area contributed by atoms with Gasteiger partial charge in [-0.15, -0.1) is 11.3 Å². The summed E-state index contributed by atoms with van der Waals surface area (Å²) in [4.78, 5) is 33.0. The van der Waals surface area contributed by atoms with Gasteiger partial charge in [0.1, 0.15) is 4.83 Å². The van der Waals surface area contributed by atoms with E-state index < -0.39 is 0 Å². The molecular formula is C21H29N3O2S2. The highest BCUT2D eigenvalue weighted by molar-refractivity contribution is 8.00. The molecule has 4 rings (SSSR count). The number of aryl methyl sites for hydroxylation is 1. The van der Waals surface area contributed by atoms with Crippen molar-refractivity contribution < 1.29 is 4.79 Å². The summed E-state index contributed by atoms with van der Waals surface area (Å²) in [6.45, 7) is 9.03. The molecule has 28 heavy (non-hydrogen) atoms. The second-order valence-corrected chi connectivity index (χ2v) is 11.2. The molecule has 0 bridgehead atoms. The first-order valence-corrected chi connectivity index (χ1v) is 12.0. The molecule has 0 saturated heterocycles. The summed E-state index contributed by atoms with van der Waals surface area (Å²) in [6, 6.07) is 0.342. The smallest absolute Gasteiger partial charge is 0.263 e. The molecule has 0 spiro atoms. The van der Waals surface area contributed by atoms with Crippen LogP contribution in [0.1, 0.15) is 57.4 Å². The number of thioether (sulfide) groups is 1. The van der Waals surface area contributed by atoms with Crippen molar-refractivity contribution in [1.29, 1.82) is 0 Å². The standard InChI is InChI=1S/C21H29N3O2S2/c1-11(2)10-24-20(26)17-15-8-5-12(3)9-16(15)28-19(17)23-21(24)27-13(4)18(25)22-14-6-7-14/h11-14H,5-10H2,1-4H3,(H,22,25)/t12-,13-/m0/s1. The number of thiophene rings is 1. The molecule has 5 nitrogen and oxygen atoms in total. The quantitative estimate of drug-likeness (QED) is 0.568. The van der Waals surface area contributed by atoms with Crippen LogP contribution >= 0.6 is 23.1 Å². The van der Waals surface area contributed by atoms with Crippen LogP contribution in [0.5, 0.6) is 0 Å². The molecule has 7 heteroatoms. The zero-order valence-corrected chi connectivity index (χ0v) is 18.7. The van der Waals surface area contributed by atoms with E-state index in [0.717, 1.165) is 42.3 Å². The van der Waals surface area contributed by atoms with Gasteiger partial charge < -0.3 is 5.32 Å². The van der Waals surface area contributed by atoms with Crippen LogP contribution in [0.3, 0.4) is 0 Å². The zero-order valence-electron chi connectivity index (χ0n) is 17.1. The Labute approximate surface area is 174 Å². The SMILES string of the molecule is CC(C)Cn1c(S[C@@H](C)C(=O)NC2CC2)nc2sc3c(c2c1=O)CC[C@H](C)C3. The van der Waals surface area contributed by atoms with Gasteiger partial charge in [0.05, 0.1) is 10.6 Å². The van der Waals surface area contributed by atoms with Crippen molar-refractivity contribution in [3.8, 4) is 0 Å². The largest absolute Gasteiger partial charge is 0.352 e. The molecule has 2 atom stereocenters. The molecule has 2 aromatic heterocycles. The fourth-order valence-electron chi connectivity index (χ4n) is 3.78. The van der Waals surface area contributed by atoms with E-state index in [2.05, 4.69) is 26.1 Å². The number of amides is 1. The highest BCUT2D eigenvalue weighted by atomic mass is 32.2. The minimum absolute atomic E-state index is 0.0391. The maximum Gasteiger partial charge on any atom is 0.263 e. The fourth-order valence-corrected chi connectivity index (χ4v) is 6.13. The number of aromatic nitrogens is 2. The molecule has 1 saturated carbocycles. The Bertz CT molecular complexity index is 959. The van der Waals surface area contributed by atoms with E-state index in [1.54, 1.807) is 11.3 Å². The maximum atomic E-state index is 13.5. The molecule has 1 fully saturated rings. The summed E-state index contributed by atoms with van der Waals surface area (Å²) in [6.07, 6.45) is 5.30. The van der Waals surface area contributed by atoms with Crippen molar-refractivity contribution in [2.24, 2.45) is 11.8 Å². The van der Waals surface area contributed by atoms with Gasteiger partial charge in [-0.05, 0) is 56.4 Å². The summed E-state index contributed by atoms with van der Waals surface area (Å²) in [7, 11) is 0. The normalized spacial score (nSPS) is 20.4. The van der Waals surface area contributed by atoms with Crippen LogP contribution in [0.4, 0.5) is 0 Å². The predicted octanol–water partition coefficient (Wildman–Crippen LogP) is 4.00. The number of fused-ring (bicyclic) bond motifs is 3. The van der Waals surface area contributed by atoms with Crippen LogP contribution in [0.2, 0.25) is 0 Å². The van der Waals surface area contributed by atoms with Crippen molar-refractivity contribution in [2.45, 2.75) is 82.8 Å². The lowest BCUT2D eigenvalue weighted by Gasteiger charge is -2.18. The van der Waals surface area contributed by atoms with Gasteiger partial charge in [0.25, 0.3) is 5.56 Å². The van der Waals surface area contributed by atoms with Gasteiger partial charge in [0.2, 0.25) is 5.91 Å². The molecule has 152 valence electrons. The molecule has 1 amide bonds. The molecule has 0 radical (unpaired) electrons. The van der Waals surface area contributed by atoms with Crippen LogP contribution in [0, 0.1) is 11.8 Å². The molecule has 2 aliphatic rings. The molecule has 0 aromatic carbocycles. The molecule has 1 N–H and O–H groups in total. The van der Waals surface area contributed by atoms with Crippen LogP contribution in [-0.2, 0) is 24.2 Å². The third-order valence-electron chi connectivity index (χ3n) is 5.50. The van der Waals surface area contributed by atoms with Crippen LogP contribution in [0.25, 0.3) is 10.2 Å². The number of hydrogen-bond acceptors (Lipinski definition) is 5. The van der Waals surface area contributed by atoms with E-state index in [-0.39, 0.29) is 16.7 Å². The Balaban J connectivity index is 1.73. The molecule has 2 heterocycles. The molecular weight excluding hydrogens is 390 g/mol. The van der Waals surface area contributed by atoms with Crippen molar-refractivity contribution in [3.63, 3.8) is 0 Å². The Morgan fingerprint density at radius 1 is 1.32 bits per heavy atom. The zero-order chi connectivity index (χ0) is 20.0.